The van der Waals surface area contributed by atoms with E-state index in [2.05, 4.69) is 12.2 Å². The van der Waals surface area contributed by atoms with Crippen LogP contribution >= 0.6 is 0 Å². The second kappa shape index (κ2) is 16.0. The summed E-state index contributed by atoms with van der Waals surface area (Å²) < 4.78 is 0. The summed E-state index contributed by atoms with van der Waals surface area (Å²) in [6.07, 6.45) is 8.82. The fourth-order valence-electron chi connectivity index (χ4n) is 1.78. The molecule has 1 N–H and O–H groups in total. The quantitative estimate of drug-likeness (QED) is 0.359. The molecule has 0 aliphatic heterocycles. The van der Waals surface area contributed by atoms with E-state index in [1.807, 2.05) is 0 Å². The molecule has 0 spiro atoms. The van der Waals surface area contributed by atoms with Gasteiger partial charge in [-0.3, -0.25) is 4.79 Å². The number of amides is 1. The number of unbranched alkanes of at least 4 members (excludes halogenated alkanes) is 6. The van der Waals surface area contributed by atoms with Crippen LogP contribution in [0.1, 0.15) is 71.1 Å². The van der Waals surface area contributed by atoms with Crippen LogP contribution in [0.5, 0.6) is 0 Å². The molecule has 0 aromatic heterocycles. The summed E-state index contributed by atoms with van der Waals surface area (Å²) in [6.45, 7) is 2.83. The third-order valence-electron chi connectivity index (χ3n) is 2.89. The van der Waals surface area contributed by atoms with Crippen LogP contribution in [0.4, 0.5) is 0 Å². The summed E-state index contributed by atoms with van der Waals surface area (Å²) >= 11 is 0. The smallest absolute Gasteiger partial charge is 0.550 e. The van der Waals surface area contributed by atoms with E-state index in [-0.39, 0.29) is 41.9 Å². The number of aliphatic carboxylic acids is 1. The zero-order valence-electron chi connectivity index (χ0n) is 12.5. The van der Waals surface area contributed by atoms with Crippen LogP contribution in [0.2, 0.25) is 0 Å². The van der Waals surface area contributed by atoms with Gasteiger partial charge in [0.2, 0.25) is 5.91 Å². The Morgan fingerprint density at radius 2 is 1.47 bits per heavy atom. The standard InChI is InChI=1S/C14H27NO3.Na/c1-2-3-4-5-7-10-13(16)15-12-9-6-8-11-14(17)18;/h2-12H2,1H3,(H,15,16)(H,17,18);/q;+1/p-1. The predicted octanol–water partition coefficient (Wildman–Crippen LogP) is -1.22. The molecule has 0 rings (SSSR count). The molecule has 0 aliphatic rings. The van der Waals surface area contributed by atoms with Crippen LogP contribution in [0, 0.1) is 0 Å². The van der Waals surface area contributed by atoms with Crippen molar-refractivity contribution in [2.24, 2.45) is 0 Å². The Hall–Kier alpha value is -0.0600. The first-order valence-electron chi connectivity index (χ1n) is 7.13. The maximum atomic E-state index is 11.4. The van der Waals surface area contributed by atoms with Gasteiger partial charge >= 0.3 is 29.6 Å². The molecule has 19 heavy (non-hydrogen) atoms. The number of hydrogen-bond donors (Lipinski definition) is 1. The van der Waals surface area contributed by atoms with Gasteiger partial charge in [0.25, 0.3) is 0 Å². The molecular weight excluding hydrogens is 253 g/mol. The molecule has 0 bridgehead atoms. The van der Waals surface area contributed by atoms with Gasteiger partial charge in [0, 0.05) is 18.9 Å². The third-order valence-corrected chi connectivity index (χ3v) is 2.89. The molecule has 0 aliphatic carbocycles. The van der Waals surface area contributed by atoms with Crippen molar-refractivity contribution in [2.75, 3.05) is 6.54 Å². The van der Waals surface area contributed by atoms with E-state index in [4.69, 9.17) is 0 Å². The Morgan fingerprint density at radius 1 is 0.895 bits per heavy atom. The molecule has 106 valence electrons. The topological polar surface area (TPSA) is 69.2 Å². The van der Waals surface area contributed by atoms with Crippen molar-refractivity contribution in [3.63, 3.8) is 0 Å². The van der Waals surface area contributed by atoms with Gasteiger partial charge in [0.1, 0.15) is 0 Å². The van der Waals surface area contributed by atoms with Crippen LogP contribution in [0.15, 0.2) is 0 Å². The maximum Gasteiger partial charge on any atom is 1.00 e. The van der Waals surface area contributed by atoms with E-state index in [0.717, 1.165) is 25.7 Å². The zero-order valence-corrected chi connectivity index (χ0v) is 14.5. The average molecular weight is 279 g/mol. The van der Waals surface area contributed by atoms with E-state index in [1.54, 1.807) is 0 Å². The molecule has 0 fully saturated rings. The van der Waals surface area contributed by atoms with Gasteiger partial charge in [-0.1, -0.05) is 39.0 Å². The second-order valence-electron chi connectivity index (χ2n) is 4.70. The number of carboxylic acids is 1. The van der Waals surface area contributed by atoms with Gasteiger partial charge in [0.15, 0.2) is 0 Å². The molecule has 0 saturated heterocycles. The number of nitrogens with one attached hydrogen (secondary N) is 1. The molecule has 0 atom stereocenters. The van der Waals surface area contributed by atoms with Crippen molar-refractivity contribution in [2.45, 2.75) is 71.1 Å². The minimum Gasteiger partial charge on any atom is -0.550 e. The number of carbonyl (C=O) groups excluding carboxylic acids is 2. The summed E-state index contributed by atoms with van der Waals surface area (Å²) in [5.74, 6) is -0.877. The first-order valence-corrected chi connectivity index (χ1v) is 7.13. The Bertz CT molecular complexity index is 235. The zero-order chi connectivity index (χ0) is 13.6. The molecule has 4 nitrogen and oxygen atoms in total. The number of hydrogen-bond acceptors (Lipinski definition) is 3. The largest absolute Gasteiger partial charge is 1.00 e. The van der Waals surface area contributed by atoms with Crippen LogP contribution in [0.25, 0.3) is 0 Å². The molecule has 0 radical (unpaired) electrons. The normalized spacial score (nSPS) is 9.74. The molecule has 0 saturated carbocycles. The molecule has 0 aromatic carbocycles. The third kappa shape index (κ3) is 17.9. The summed E-state index contributed by atoms with van der Waals surface area (Å²) in [6, 6.07) is 0. The fourth-order valence-corrected chi connectivity index (χ4v) is 1.78. The predicted molar refractivity (Wildman–Crippen MR) is 69.9 cm³/mol. The fraction of sp³-hybridized carbons (Fsp3) is 0.857. The number of rotatable bonds is 12. The monoisotopic (exact) mass is 279 g/mol. The van der Waals surface area contributed by atoms with Crippen molar-refractivity contribution in [1.82, 2.24) is 5.32 Å². The van der Waals surface area contributed by atoms with E-state index in [1.165, 1.54) is 19.3 Å². The van der Waals surface area contributed by atoms with Crippen molar-refractivity contribution in [3.05, 3.63) is 0 Å². The van der Waals surface area contributed by atoms with E-state index in [0.29, 0.717) is 19.4 Å². The van der Waals surface area contributed by atoms with E-state index < -0.39 is 5.97 Å². The molecule has 0 unspecified atom stereocenters. The molecule has 0 aromatic rings. The Kier molecular flexibility index (Phi) is 17.9. The molecule has 0 heterocycles. The van der Waals surface area contributed by atoms with E-state index in [9.17, 15) is 14.7 Å². The van der Waals surface area contributed by atoms with Gasteiger partial charge in [-0.2, -0.15) is 0 Å². The Balaban J connectivity index is 0. The summed E-state index contributed by atoms with van der Waals surface area (Å²) in [5, 5.41) is 13.0. The van der Waals surface area contributed by atoms with E-state index >= 15 is 0 Å². The summed E-state index contributed by atoms with van der Waals surface area (Å²) in [5.41, 5.74) is 0. The van der Waals surface area contributed by atoms with Crippen molar-refractivity contribution < 1.29 is 44.3 Å². The van der Waals surface area contributed by atoms with Gasteiger partial charge < -0.3 is 15.2 Å². The minimum absolute atomic E-state index is 0. The van der Waals surface area contributed by atoms with Crippen molar-refractivity contribution >= 4 is 11.9 Å². The maximum absolute atomic E-state index is 11.4. The van der Waals surface area contributed by atoms with Crippen LogP contribution < -0.4 is 40.0 Å². The first kappa shape index (κ1) is 21.2. The van der Waals surface area contributed by atoms with Crippen LogP contribution in [0.3, 0.4) is 0 Å². The summed E-state index contributed by atoms with van der Waals surface area (Å²) in [4.78, 5) is 21.6. The van der Waals surface area contributed by atoms with Crippen molar-refractivity contribution in [1.29, 1.82) is 0 Å². The first-order chi connectivity index (χ1) is 8.66. The van der Waals surface area contributed by atoms with Gasteiger partial charge in [-0.15, -0.1) is 0 Å². The average Bonchev–Trinajstić information content (AvgIpc) is 2.33. The SMILES string of the molecule is CCCCCCCC(=O)NCCCCCC(=O)[O-].[Na+]. The Labute approximate surface area is 139 Å². The minimum atomic E-state index is -0.994. The Morgan fingerprint density at radius 3 is 2.11 bits per heavy atom. The van der Waals surface area contributed by atoms with Gasteiger partial charge in [-0.25, -0.2) is 0 Å². The molecule has 5 heteroatoms. The summed E-state index contributed by atoms with van der Waals surface area (Å²) in [7, 11) is 0. The van der Waals surface area contributed by atoms with Crippen molar-refractivity contribution in [3.8, 4) is 0 Å². The molecular formula is C14H26NNaO3. The second-order valence-corrected chi connectivity index (χ2v) is 4.70. The van der Waals surface area contributed by atoms with Crippen LogP contribution in [-0.4, -0.2) is 18.4 Å². The van der Waals surface area contributed by atoms with Crippen LogP contribution in [-0.2, 0) is 9.59 Å². The molecule has 1 amide bonds. The number of carbonyl (C=O) groups is 2. The number of carboxylic acid groups (broad SMARTS) is 1. The van der Waals surface area contributed by atoms with Gasteiger partial charge in [-0.05, 0) is 25.7 Å². The van der Waals surface area contributed by atoms with Gasteiger partial charge in [0.05, 0.1) is 0 Å².